The van der Waals surface area contributed by atoms with Gasteiger partial charge in [0.25, 0.3) is 18.8 Å². The largest absolute Gasteiger partial charge is 0.494 e. The number of fused-ring (bicyclic) bond motifs is 1. The van der Waals surface area contributed by atoms with Crippen molar-refractivity contribution in [3.8, 4) is 17.0 Å². The zero-order valence-electron chi connectivity index (χ0n) is 18.1. The number of para-hydroxylation sites is 1. The molecule has 3 aromatic rings. The fourth-order valence-corrected chi connectivity index (χ4v) is 3.68. The predicted octanol–water partition coefficient (Wildman–Crippen LogP) is 5.11. The topological polar surface area (TPSA) is 75.0 Å². The first-order valence-electron chi connectivity index (χ1n) is 10.6. The number of aliphatic hydroxyl groups is 1. The average Bonchev–Trinajstić information content (AvgIpc) is 3.21. The predicted molar refractivity (Wildman–Crippen MR) is 118 cm³/mol. The molecule has 1 aliphatic rings. The summed E-state index contributed by atoms with van der Waals surface area (Å²) in [7, 11) is 0. The number of halogens is 4. The lowest BCUT2D eigenvalue weighted by atomic mass is 10.0. The monoisotopic (exact) mass is 475 g/mol. The van der Waals surface area contributed by atoms with Gasteiger partial charge in [-0.2, -0.15) is 10.1 Å². The van der Waals surface area contributed by atoms with E-state index in [0.29, 0.717) is 34.5 Å². The number of amides is 1. The Morgan fingerprint density at radius 1 is 1.15 bits per heavy atom. The fraction of sp³-hybridized carbons (Fsp3) is 0.292. The van der Waals surface area contributed by atoms with Crippen LogP contribution in [0.4, 0.5) is 17.6 Å². The van der Waals surface area contributed by atoms with Gasteiger partial charge in [-0.05, 0) is 30.7 Å². The number of hydrogen-bond donors (Lipinski definition) is 1. The second-order valence-corrected chi connectivity index (χ2v) is 7.81. The summed E-state index contributed by atoms with van der Waals surface area (Å²) in [5.41, 5.74) is -2.98. The number of nitrogens with zero attached hydrogens (tertiary/aromatic N) is 3. The number of alkyl halides is 4. The van der Waals surface area contributed by atoms with Crippen molar-refractivity contribution in [2.24, 2.45) is 5.10 Å². The Morgan fingerprint density at radius 3 is 2.62 bits per heavy atom. The molecule has 1 aliphatic heterocycles. The van der Waals surface area contributed by atoms with Gasteiger partial charge in [0.1, 0.15) is 11.5 Å². The van der Waals surface area contributed by atoms with Crippen molar-refractivity contribution in [3.05, 3.63) is 60.2 Å². The molecule has 0 fully saturated rings. The third-order valence-corrected chi connectivity index (χ3v) is 5.38. The molecule has 4 rings (SSSR count). The number of ether oxygens (including phenoxy) is 1. The second-order valence-electron chi connectivity index (χ2n) is 7.81. The van der Waals surface area contributed by atoms with Crippen LogP contribution in [0, 0.1) is 0 Å². The van der Waals surface area contributed by atoms with Crippen LogP contribution < -0.4 is 4.74 Å². The first-order chi connectivity index (χ1) is 16.2. The maximum absolute atomic E-state index is 13.7. The van der Waals surface area contributed by atoms with Crippen LogP contribution in [0.2, 0.25) is 0 Å². The summed E-state index contributed by atoms with van der Waals surface area (Å²) in [5, 5.41) is 14.2. The van der Waals surface area contributed by atoms with Gasteiger partial charge >= 0.3 is 0 Å². The zero-order chi connectivity index (χ0) is 24.5. The van der Waals surface area contributed by atoms with Gasteiger partial charge in [0.2, 0.25) is 5.72 Å². The van der Waals surface area contributed by atoms with Gasteiger partial charge in [-0.25, -0.2) is 22.5 Å². The van der Waals surface area contributed by atoms with Gasteiger partial charge in [-0.1, -0.05) is 37.3 Å². The van der Waals surface area contributed by atoms with Crippen molar-refractivity contribution >= 4 is 22.5 Å². The summed E-state index contributed by atoms with van der Waals surface area (Å²) < 4.78 is 59.5. The number of hydrogen-bond acceptors (Lipinski definition) is 5. The van der Waals surface area contributed by atoms with Crippen molar-refractivity contribution in [2.45, 2.75) is 38.3 Å². The highest BCUT2D eigenvalue weighted by Crippen LogP contribution is 2.36. The van der Waals surface area contributed by atoms with Crippen LogP contribution in [0.1, 0.15) is 30.1 Å². The lowest BCUT2D eigenvalue weighted by Crippen LogP contribution is -2.51. The molecule has 1 N–H and O–H groups in total. The summed E-state index contributed by atoms with van der Waals surface area (Å²) in [4.78, 5) is 17.9. The molecule has 0 radical (unpaired) electrons. The quantitative estimate of drug-likeness (QED) is 0.482. The molecule has 0 spiro atoms. The van der Waals surface area contributed by atoms with E-state index in [9.17, 15) is 27.5 Å². The molecular weight excluding hydrogens is 454 g/mol. The summed E-state index contributed by atoms with van der Waals surface area (Å²) in [5.74, 6) is -0.559. The molecule has 0 bridgehead atoms. The van der Waals surface area contributed by atoms with Gasteiger partial charge in [0.15, 0.2) is 0 Å². The Kier molecular flexibility index (Phi) is 6.52. The normalized spacial score (nSPS) is 18.1. The number of benzene rings is 2. The molecule has 6 nitrogen and oxygen atoms in total. The minimum Gasteiger partial charge on any atom is -0.494 e. The average molecular weight is 475 g/mol. The van der Waals surface area contributed by atoms with E-state index in [1.807, 2.05) is 6.92 Å². The summed E-state index contributed by atoms with van der Waals surface area (Å²) in [6.07, 6.45) is -7.06. The third kappa shape index (κ3) is 4.33. The smallest absolute Gasteiger partial charge is 0.287 e. The van der Waals surface area contributed by atoms with E-state index < -0.39 is 36.6 Å². The molecule has 1 amide bonds. The van der Waals surface area contributed by atoms with Gasteiger partial charge in [0.05, 0.1) is 23.4 Å². The zero-order valence-corrected chi connectivity index (χ0v) is 18.1. The van der Waals surface area contributed by atoms with Crippen LogP contribution >= 0.6 is 0 Å². The summed E-state index contributed by atoms with van der Waals surface area (Å²) in [6, 6.07) is 14.8. The van der Waals surface area contributed by atoms with E-state index in [1.165, 1.54) is 6.07 Å². The van der Waals surface area contributed by atoms with Crippen molar-refractivity contribution in [3.63, 3.8) is 0 Å². The van der Waals surface area contributed by atoms with E-state index in [-0.39, 0.29) is 10.6 Å². The number of rotatable bonds is 7. The van der Waals surface area contributed by atoms with E-state index in [2.05, 4.69) is 10.1 Å². The molecule has 1 atom stereocenters. The Labute approximate surface area is 192 Å². The van der Waals surface area contributed by atoms with Gasteiger partial charge in [-0.3, -0.25) is 4.79 Å². The standard InChI is InChI=1S/C24H21F4N3O3/c1-2-10-34-15-7-5-6-14(11-15)19-12-17(16-8-3-4-9-18(16)29-19)22(32)31-24(33,23(27)28)13-20(30-31)21(25)26/h3-9,11-12,21,23,33H,2,10,13H2,1H3/t24-/m0/s1. The molecule has 0 aliphatic carbocycles. The summed E-state index contributed by atoms with van der Waals surface area (Å²) in [6.45, 7) is 2.47. The maximum atomic E-state index is 13.7. The highest BCUT2D eigenvalue weighted by atomic mass is 19.3. The van der Waals surface area contributed by atoms with E-state index in [4.69, 9.17) is 4.74 Å². The first-order valence-corrected chi connectivity index (χ1v) is 10.6. The van der Waals surface area contributed by atoms with Crippen LogP contribution in [-0.4, -0.2) is 51.9 Å². The summed E-state index contributed by atoms with van der Waals surface area (Å²) >= 11 is 0. The van der Waals surface area contributed by atoms with Crippen molar-refractivity contribution < 1.29 is 32.2 Å². The Morgan fingerprint density at radius 2 is 1.91 bits per heavy atom. The molecular formula is C24H21F4N3O3. The molecule has 0 saturated carbocycles. The number of pyridine rings is 1. The Bertz CT molecular complexity index is 1250. The van der Waals surface area contributed by atoms with E-state index in [1.54, 1.807) is 48.5 Å². The SMILES string of the molecule is CCCOc1cccc(-c2cc(C(=O)N3N=C(C(F)F)C[C@]3(O)C(F)F)c3ccccc3n2)c1. The number of carbonyl (C=O) groups excluding carboxylic acids is 1. The number of hydrazone groups is 1. The molecule has 34 heavy (non-hydrogen) atoms. The molecule has 1 aromatic heterocycles. The first kappa shape index (κ1) is 23.6. The second kappa shape index (κ2) is 9.38. The molecule has 0 saturated heterocycles. The number of aromatic nitrogens is 1. The van der Waals surface area contributed by atoms with Crippen LogP contribution in [0.5, 0.6) is 5.75 Å². The molecule has 2 heterocycles. The highest BCUT2D eigenvalue weighted by molar-refractivity contribution is 6.08. The molecule has 10 heteroatoms. The van der Waals surface area contributed by atoms with Crippen molar-refractivity contribution in [2.75, 3.05) is 6.61 Å². The van der Waals surface area contributed by atoms with Gasteiger partial charge < -0.3 is 9.84 Å². The lowest BCUT2D eigenvalue weighted by molar-refractivity contribution is -0.164. The maximum Gasteiger partial charge on any atom is 0.287 e. The van der Waals surface area contributed by atoms with E-state index in [0.717, 1.165) is 6.42 Å². The molecule has 178 valence electrons. The Balaban J connectivity index is 1.83. The highest BCUT2D eigenvalue weighted by Gasteiger charge is 2.53. The van der Waals surface area contributed by atoms with Crippen molar-refractivity contribution in [1.82, 2.24) is 9.99 Å². The van der Waals surface area contributed by atoms with Crippen LogP contribution in [0.15, 0.2) is 59.7 Å². The van der Waals surface area contributed by atoms with Gasteiger partial charge in [0, 0.05) is 17.4 Å². The number of carbonyl (C=O) groups is 1. The minimum atomic E-state index is -3.52. The fourth-order valence-electron chi connectivity index (χ4n) is 3.68. The lowest BCUT2D eigenvalue weighted by Gasteiger charge is -2.30. The van der Waals surface area contributed by atoms with Crippen LogP contribution in [-0.2, 0) is 0 Å². The minimum absolute atomic E-state index is 0.0610. The van der Waals surface area contributed by atoms with Gasteiger partial charge in [-0.15, -0.1) is 0 Å². The molecule has 2 aromatic carbocycles. The van der Waals surface area contributed by atoms with E-state index >= 15 is 0 Å². The third-order valence-electron chi connectivity index (χ3n) is 5.38. The van der Waals surface area contributed by atoms with Crippen LogP contribution in [0.3, 0.4) is 0 Å². The molecule has 0 unspecified atom stereocenters. The van der Waals surface area contributed by atoms with Crippen LogP contribution in [0.25, 0.3) is 22.2 Å². The Hall–Kier alpha value is -3.53. The van der Waals surface area contributed by atoms with Crippen molar-refractivity contribution in [1.29, 1.82) is 0 Å².